The lowest BCUT2D eigenvalue weighted by Crippen LogP contribution is -2.30. The number of allylic oxidation sites excluding steroid dienone is 2. The summed E-state index contributed by atoms with van der Waals surface area (Å²) >= 11 is 0. The quantitative estimate of drug-likeness (QED) is 0.0263. The highest BCUT2D eigenvalue weighted by Crippen LogP contribution is 2.16. The predicted octanol–water partition coefficient (Wildman–Crippen LogP) is 16.6. The smallest absolute Gasteiger partial charge is 0.306 e. The van der Waals surface area contributed by atoms with E-state index in [1.54, 1.807) is 0 Å². The minimum absolute atomic E-state index is 0.0666. The average molecular weight is 819 g/mol. The molecule has 0 spiro atoms. The SMILES string of the molecule is CCCCCCCCCC/C=C\CCCCCCCCCC(=O)OCC(COC(=O)CCCCCCCCCCCC)OC(=O)CCCCCCCCCCCCC. The molecule has 0 rings (SSSR count). The van der Waals surface area contributed by atoms with Crippen molar-refractivity contribution in [2.24, 2.45) is 0 Å². The van der Waals surface area contributed by atoms with E-state index in [-0.39, 0.29) is 31.1 Å². The first kappa shape index (κ1) is 56.1. The Balaban J connectivity index is 4.25. The maximum absolute atomic E-state index is 12.7. The molecule has 0 aliphatic rings. The lowest BCUT2D eigenvalue weighted by Gasteiger charge is -2.18. The minimum atomic E-state index is -0.763. The van der Waals surface area contributed by atoms with Crippen LogP contribution in [0.4, 0.5) is 0 Å². The normalized spacial score (nSPS) is 12.0. The molecule has 0 radical (unpaired) electrons. The summed E-state index contributed by atoms with van der Waals surface area (Å²) in [5.41, 5.74) is 0. The molecule has 6 heteroatoms. The molecule has 0 saturated carbocycles. The molecule has 0 aliphatic heterocycles. The fourth-order valence-electron chi connectivity index (χ4n) is 7.61. The lowest BCUT2D eigenvalue weighted by molar-refractivity contribution is -0.167. The van der Waals surface area contributed by atoms with Crippen molar-refractivity contribution in [1.82, 2.24) is 0 Å². The van der Waals surface area contributed by atoms with Crippen LogP contribution in [0.1, 0.15) is 284 Å². The van der Waals surface area contributed by atoms with E-state index in [0.29, 0.717) is 19.3 Å². The standard InChI is InChI=1S/C52H98O6/c1-4-7-10-13-16-19-22-23-24-25-26-27-28-29-31-33-36-39-42-45-51(54)57-48-49(47-56-50(53)44-41-38-35-32-21-18-15-12-9-6-3)58-52(55)46-43-40-37-34-30-20-17-14-11-8-5-2/h25-26,49H,4-24,27-48H2,1-3H3/b26-25-. The molecule has 0 heterocycles. The van der Waals surface area contributed by atoms with Gasteiger partial charge in [0.1, 0.15) is 13.2 Å². The van der Waals surface area contributed by atoms with Gasteiger partial charge in [-0.05, 0) is 44.9 Å². The van der Waals surface area contributed by atoms with Crippen LogP contribution >= 0.6 is 0 Å². The Hall–Kier alpha value is -1.85. The Kier molecular flexibility index (Phi) is 46.3. The molecule has 0 N–H and O–H groups in total. The van der Waals surface area contributed by atoms with Gasteiger partial charge in [0.05, 0.1) is 0 Å². The Morgan fingerprint density at radius 1 is 0.328 bits per heavy atom. The molecule has 0 aromatic rings. The monoisotopic (exact) mass is 819 g/mol. The van der Waals surface area contributed by atoms with Gasteiger partial charge in [-0.3, -0.25) is 14.4 Å². The van der Waals surface area contributed by atoms with E-state index < -0.39 is 6.10 Å². The molecule has 0 bridgehead atoms. The second kappa shape index (κ2) is 47.8. The lowest BCUT2D eigenvalue weighted by atomic mass is 10.1. The van der Waals surface area contributed by atoms with Gasteiger partial charge in [0.2, 0.25) is 0 Å². The number of carbonyl (C=O) groups is 3. The van der Waals surface area contributed by atoms with Gasteiger partial charge in [-0.2, -0.15) is 0 Å². The van der Waals surface area contributed by atoms with Crippen molar-refractivity contribution in [2.75, 3.05) is 13.2 Å². The Labute approximate surface area is 360 Å². The number of unbranched alkanes of at least 4 members (excludes halogenated alkanes) is 34. The molecule has 1 unspecified atom stereocenters. The van der Waals surface area contributed by atoms with E-state index in [4.69, 9.17) is 14.2 Å². The summed E-state index contributed by atoms with van der Waals surface area (Å²) in [7, 11) is 0. The number of carbonyl (C=O) groups excluding carboxylic acids is 3. The van der Waals surface area contributed by atoms with Gasteiger partial charge in [0, 0.05) is 19.3 Å². The van der Waals surface area contributed by atoms with E-state index in [1.165, 1.54) is 186 Å². The summed E-state index contributed by atoms with van der Waals surface area (Å²) in [6.45, 7) is 6.64. The second-order valence-corrected chi connectivity index (χ2v) is 17.4. The fraction of sp³-hybridized carbons (Fsp3) is 0.904. The average Bonchev–Trinajstić information content (AvgIpc) is 3.22. The highest BCUT2D eigenvalue weighted by molar-refractivity contribution is 5.71. The van der Waals surface area contributed by atoms with Gasteiger partial charge >= 0.3 is 17.9 Å². The molecule has 6 nitrogen and oxygen atoms in total. The molecule has 1 atom stereocenters. The van der Waals surface area contributed by atoms with Gasteiger partial charge in [-0.15, -0.1) is 0 Å². The maximum atomic E-state index is 12.7. The van der Waals surface area contributed by atoms with E-state index in [9.17, 15) is 14.4 Å². The van der Waals surface area contributed by atoms with Gasteiger partial charge in [0.15, 0.2) is 6.10 Å². The van der Waals surface area contributed by atoms with E-state index in [2.05, 4.69) is 32.9 Å². The molecule has 0 fully saturated rings. The van der Waals surface area contributed by atoms with Crippen LogP contribution in [0.2, 0.25) is 0 Å². The molecular formula is C52H98O6. The van der Waals surface area contributed by atoms with Crippen LogP contribution in [0.5, 0.6) is 0 Å². The van der Waals surface area contributed by atoms with Gasteiger partial charge in [-0.25, -0.2) is 0 Å². The summed E-state index contributed by atoms with van der Waals surface area (Å²) in [6.07, 6.45) is 52.0. The summed E-state index contributed by atoms with van der Waals surface area (Å²) in [5, 5.41) is 0. The molecule has 0 saturated heterocycles. The van der Waals surface area contributed by atoms with Crippen LogP contribution in [-0.4, -0.2) is 37.2 Å². The first-order valence-corrected chi connectivity index (χ1v) is 25.7. The van der Waals surface area contributed by atoms with Crippen molar-refractivity contribution in [3.63, 3.8) is 0 Å². The van der Waals surface area contributed by atoms with Gasteiger partial charge in [0.25, 0.3) is 0 Å². The van der Waals surface area contributed by atoms with Crippen LogP contribution in [-0.2, 0) is 28.6 Å². The summed E-state index contributed by atoms with van der Waals surface area (Å²) in [6, 6.07) is 0. The molecule has 58 heavy (non-hydrogen) atoms. The number of rotatable bonds is 47. The number of ether oxygens (including phenoxy) is 3. The third-order valence-electron chi connectivity index (χ3n) is 11.5. The summed E-state index contributed by atoms with van der Waals surface area (Å²) < 4.78 is 16.8. The van der Waals surface area contributed by atoms with E-state index in [0.717, 1.165) is 57.8 Å². The Morgan fingerprint density at radius 2 is 0.569 bits per heavy atom. The highest BCUT2D eigenvalue weighted by atomic mass is 16.6. The van der Waals surface area contributed by atoms with Crippen molar-refractivity contribution in [3.8, 4) is 0 Å². The van der Waals surface area contributed by atoms with Crippen molar-refractivity contribution < 1.29 is 28.6 Å². The summed E-state index contributed by atoms with van der Waals surface area (Å²) in [5.74, 6) is -0.859. The molecule has 0 aliphatic carbocycles. The second-order valence-electron chi connectivity index (χ2n) is 17.4. The first-order valence-electron chi connectivity index (χ1n) is 25.7. The molecule has 0 amide bonds. The van der Waals surface area contributed by atoms with Crippen molar-refractivity contribution >= 4 is 17.9 Å². The third kappa shape index (κ3) is 45.2. The predicted molar refractivity (Wildman–Crippen MR) is 247 cm³/mol. The van der Waals surface area contributed by atoms with E-state index >= 15 is 0 Å². The molecule has 0 aromatic carbocycles. The number of hydrogen-bond donors (Lipinski definition) is 0. The number of hydrogen-bond acceptors (Lipinski definition) is 6. The Bertz CT molecular complexity index is 900. The zero-order valence-corrected chi connectivity index (χ0v) is 39.1. The fourth-order valence-corrected chi connectivity index (χ4v) is 7.61. The molecule has 0 aromatic heterocycles. The van der Waals surface area contributed by atoms with Crippen LogP contribution in [0.25, 0.3) is 0 Å². The van der Waals surface area contributed by atoms with Gasteiger partial charge in [-0.1, -0.05) is 232 Å². The topological polar surface area (TPSA) is 78.9 Å². The zero-order valence-electron chi connectivity index (χ0n) is 39.1. The number of esters is 3. The van der Waals surface area contributed by atoms with Crippen molar-refractivity contribution in [2.45, 2.75) is 290 Å². The summed E-state index contributed by atoms with van der Waals surface area (Å²) in [4.78, 5) is 37.8. The largest absolute Gasteiger partial charge is 0.462 e. The van der Waals surface area contributed by atoms with E-state index in [1.807, 2.05) is 0 Å². The third-order valence-corrected chi connectivity index (χ3v) is 11.5. The first-order chi connectivity index (χ1) is 28.5. The van der Waals surface area contributed by atoms with Crippen molar-refractivity contribution in [3.05, 3.63) is 12.2 Å². The maximum Gasteiger partial charge on any atom is 0.306 e. The zero-order chi connectivity index (χ0) is 42.3. The Morgan fingerprint density at radius 3 is 0.862 bits per heavy atom. The van der Waals surface area contributed by atoms with Crippen LogP contribution in [0.3, 0.4) is 0 Å². The van der Waals surface area contributed by atoms with Gasteiger partial charge < -0.3 is 14.2 Å². The minimum Gasteiger partial charge on any atom is -0.462 e. The van der Waals surface area contributed by atoms with Crippen LogP contribution in [0.15, 0.2) is 12.2 Å². The molecular weight excluding hydrogens is 721 g/mol. The van der Waals surface area contributed by atoms with Crippen LogP contribution in [0, 0.1) is 0 Å². The van der Waals surface area contributed by atoms with Crippen molar-refractivity contribution in [1.29, 1.82) is 0 Å². The van der Waals surface area contributed by atoms with Crippen LogP contribution < -0.4 is 0 Å². The highest BCUT2D eigenvalue weighted by Gasteiger charge is 2.19. The molecule has 342 valence electrons.